The van der Waals surface area contributed by atoms with E-state index in [1.165, 1.54) is 6.07 Å². The van der Waals surface area contributed by atoms with Crippen molar-refractivity contribution in [3.8, 4) is 0 Å². The minimum Gasteiger partial charge on any atom is -0.460 e. The zero-order valence-electron chi connectivity index (χ0n) is 6.96. The summed E-state index contributed by atoms with van der Waals surface area (Å²) in [5.41, 5.74) is 0. The van der Waals surface area contributed by atoms with Crippen LogP contribution in [0.3, 0.4) is 0 Å². The highest BCUT2D eigenvalue weighted by Crippen LogP contribution is 2.08. The van der Waals surface area contributed by atoms with Crippen LogP contribution in [0.4, 0.5) is 5.82 Å². The average Bonchev–Trinajstić information content (AvgIpc) is 2.52. The summed E-state index contributed by atoms with van der Waals surface area (Å²) in [4.78, 5) is 11.0. The van der Waals surface area contributed by atoms with Crippen molar-refractivity contribution in [2.45, 2.75) is 6.92 Å². The quantitative estimate of drug-likeness (QED) is 0.682. The first-order valence-corrected chi connectivity index (χ1v) is 3.59. The molecule has 12 heavy (non-hydrogen) atoms. The lowest BCUT2D eigenvalue weighted by Crippen LogP contribution is -2.02. The van der Waals surface area contributed by atoms with E-state index in [1.807, 2.05) is 0 Å². The Morgan fingerprint density at radius 2 is 2.58 bits per heavy atom. The summed E-state index contributed by atoms with van der Waals surface area (Å²) >= 11 is 0. The molecule has 5 nitrogen and oxygen atoms in total. The van der Waals surface area contributed by atoms with Crippen LogP contribution >= 0.6 is 0 Å². The Morgan fingerprint density at radius 1 is 1.83 bits per heavy atom. The topological polar surface area (TPSA) is 64.4 Å². The number of carbonyl (C=O) groups is 1. The van der Waals surface area contributed by atoms with Crippen LogP contribution in [0, 0.1) is 0 Å². The number of ether oxygens (including phenoxy) is 1. The molecule has 0 unspecified atom stereocenters. The number of nitrogens with one attached hydrogen (secondary N) is 1. The Labute approximate surface area is 69.7 Å². The highest BCUT2D eigenvalue weighted by molar-refractivity contribution is 5.86. The average molecular weight is 170 g/mol. The third-order valence-electron chi connectivity index (χ3n) is 1.24. The molecule has 0 saturated carbocycles. The van der Waals surface area contributed by atoms with E-state index in [1.54, 1.807) is 14.0 Å². The van der Waals surface area contributed by atoms with Crippen molar-refractivity contribution >= 4 is 11.8 Å². The lowest BCUT2D eigenvalue weighted by atomic mass is 10.4. The van der Waals surface area contributed by atoms with Crippen molar-refractivity contribution in [3.63, 3.8) is 0 Å². The molecule has 0 spiro atoms. The fourth-order valence-corrected chi connectivity index (χ4v) is 0.691. The number of nitrogens with zero attached hydrogens (tertiary/aromatic N) is 1. The first-order valence-electron chi connectivity index (χ1n) is 3.59. The molecular formula is C7H10N2O3. The van der Waals surface area contributed by atoms with Gasteiger partial charge in [-0.3, -0.25) is 0 Å². The van der Waals surface area contributed by atoms with Gasteiger partial charge in [-0.25, -0.2) is 4.79 Å². The number of carbonyl (C=O) groups excluding carboxylic acids is 1. The van der Waals surface area contributed by atoms with Crippen molar-refractivity contribution < 1.29 is 14.1 Å². The number of aromatic nitrogens is 1. The van der Waals surface area contributed by atoms with Crippen molar-refractivity contribution in [2.75, 3.05) is 19.0 Å². The molecule has 1 heterocycles. The van der Waals surface area contributed by atoms with Crippen molar-refractivity contribution in [3.05, 3.63) is 11.8 Å². The standard InChI is InChI=1S/C7H10N2O3/c1-3-11-7(10)5-4-6(8-2)9-12-5/h4H,3H2,1-2H3,(H,8,9). The maximum Gasteiger partial charge on any atom is 0.377 e. The summed E-state index contributed by atoms with van der Waals surface area (Å²) in [6, 6.07) is 1.48. The van der Waals surface area contributed by atoms with Crippen LogP contribution in [0.15, 0.2) is 10.6 Å². The molecule has 66 valence electrons. The lowest BCUT2D eigenvalue weighted by Gasteiger charge is -1.94. The molecule has 0 atom stereocenters. The van der Waals surface area contributed by atoms with Gasteiger partial charge in [0.15, 0.2) is 5.82 Å². The van der Waals surface area contributed by atoms with E-state index in [9.17, 15) is 4.79 Å². The Bertz CT molecular complexity index is 269. The van der Waals surface area contributed by atoms with Crippen LogP contribution in [0.2, 0.25) is 0 Å². The van der Waals surface area contributed by atoms with Crippen molar-refractivity contribution in [1.82, 2.24) is 5.16 Å². The Kier molecular flexibility index (Phi) is 2.68. The first-order chi connectivity index (χ1) is 5.77. The van der Waals surface area contributed by atoms with Gasteiger partial charge in [0.1, 0.15) is 0 Å². The van der Waals surface area contributed by atoms with Gasteiger partial charge in [0.2, 0.25) is 5.76 Å². The van der Waals surface area contributed by atoms with Gasteiger partial charge in [0.05, 0.1) is 6.61 Å². The van der Waals surface area contributed by atoms with E-state index in [-0.39, 0.29) is 5.76 Å². The van der Waals surface area contributed by atoms with Crippen LogP contribution in [-0.2, 0) is 4.74 Å². The van der Waals surface area contributed by atoms with Gasteiger partial charge in [-0.2, -0.15) is 0 Å². The first kappa shape index (κ1) is 8.58. The maximum atomic E-state index is 11.0. The highest BCUT2D eigenvalue weighted by atomic mass is 16.6. The summed E-state index contributed by atoms with van der Waals surface area (Å²) in [5.74, 6) is 0.130. The van der Waals surface area contributed by atoms with Crippen LogP contribution in [0.1, 0.15) is 17.5 Å². The second-order valence-corrected chi connectivity index (χ2v) is 2.05. The smallest absolute Gasteiger partial charge is 0.377 e. The molecule has 0 radical (unpaired) electrons. The predicted molar refractivity (Wildman–Crippen MR) is 42.0 cm³/mol. The Hall–Kier alpha value is -1.52. The van der Waals surface area contributed by atoms with E-state index < -0.39 is 5.97 Å². The molecule has 0 aliphatic heterocycles. The monoisotopic (exact) mass is 170 g/mol. The van der Waals surface area contributed by atoms with Crippen LogP contribution in [0.5, 0.6) is 0 Å². The van der Waals surface area contributed by atoms with Crippen LogP contribution in [-0.4, -0.2) is 24.8 Å². The van der Waals surface area contributed by atoms with Gasteiger partial charge in [0, 0.05) is 13.1 Å². The summed E-state index contributed by atoms with van der Waals surface area (Å²) < 4.78 is 9.37. The molecule has 5 heteroatoms. The fraction of sp³-hybridized carbons (Fsp3) is 0.429. The molecule has 1 aromatic heterocycles. The van der Waals surface area contributed by atoms with E-state index in [4.69, 9.17) is 0 Å². The van der Waals surface area contributed by atoms with Gasteiger partial charge in [-0.15, -0.1) is 0 Å². The molecule has 0 amide bonds. The van der Waals surface area contributed by atoms with Crippen LogP contribution in [0.25, 0.3) is 0 Å². The van der Waals surface area contributed by atoms with E-state index in [0.29, 0.717) is 12.4 Å². The number of hydrogen-bond donors (Lipinski definition) is 1. The molecule has 1 rings (SSSR count). The number of esters is 1. The largest absolute Gasteiger partial charge is 0.460 e. The summed E-state index contributed by atoms with van der Waals surface area (Å²) in [5, 5.41) is 6.28. The SMILES string of the molecule is CCOC(=O)c1cc(NC)no1. The van der Waals surface area contributed by atoms with Gasteiger partial charge >= 0.3 is 5.97 Å². The van der Waals surface area contributed by atoms with E-state index in [2.05, 4.69) is 19.7 Å². The third-order valence-corrected chi connectivity index (χ3v) is 1.24. The highest BCUT2D eigenvalue weighted by Gasteiger charge is 2.12. The molecule has 0 bridgehead atoms. The summed E-state index contributed by atoms with van der Waals surface area (Å²) in [6.07, 6.45) is 0. The number of hydrogen-bond acceptors (Lipinski definition) is 5. The molecule has 0 fully saturated rings. The normalized spacial score (nSPS) is 9.50. The minimum absolute atomic E-state index is 0.112. The maximum absolute atomic E-state index is 11.0. The second kappa shape index (κ2) is 3.75. The summed E-state index contributed by atoms with van der Waals surface area (Å²) in [7, 11) is 1.69. The lowest BCUT2D eigenvalue weighted by molar-refractivity contribution is 0.0480. The van der Waals surface area contributed by atoms with Gasteiger partial charge in [-0.05, 0) is 6.92 Å². The molecular weight excluding hydrogens is 160 g/mol. The minimum atomic E-state index is -0.494. The Balaban J connectivity index is 2.68. The molecule has 0 aliphatic carbocycles. The van der Waals surface area contributed by atoms with Crippen molar-refractivity contribution in [1.29, 1.82) is 0 Å². The van der Waals surface area contributed by atoms with Gasteiger partial charge in [0.25, 0.3) is 0 Å². The second-order valence-electron chi connectivity index (χ2n) is 2.05. The predicted octanol–water partition coefficient (Wildman–Crippen LogP) is 0.893. The van der Waals surface area contributed by atoms with Crippen molar-refractivity contribution in [2.24, 2.45) is 0 Å². The third kappa shape index (κ3) is 1.75. The van der Waals surface area contributed by atoms with Crippen LogP contribution < -0.4 is 5.32 Å². The zero-order valence-corrected chi connectivity index (χ0v) is 6.96. The zero-order chi connectivity index (χ0) is 8.97. The van der Waals surface area contributed by atoms with Gasteiger partial charge in [-0.1, -0.05) is 5.16 Å². The molecule has 1 N–H and O–H groups in total. The van der Waals surface area contributed by atoms with Gasteiger partial charge < -0.3 is 14.6 Å². The molecule has 1 aromatic rings. The molecule has 0 aliphatic rings. The molecule has 0 aromatic carbocycles. The van der Waals surface area contributed by atoms with E-state index in [0.717, 1.165) is 0 Å². The van der Waals surface area contributed by atoms with E-state index >= 15 is 0 Å². The summed E-state index contributed by atoms with van der Waals surface area (Å²) in [6.45, 7) is 2.06. The number of rotatable bonds is 3. The number of anilines is 1. The fourth-order valence-electron chi connectivity index (χ4n) is 0.691. The Morgan fingerprint density at radius 3 is 3.08 bits per heavy atom. The molecule has 0 saturated heterocycles.